The van der Waals surface area contributed by atoms with Gasteiger partial charge in [-0.25, -0.2) is 4.79 Å². The SMILES string of the molecule is O=C1NC(=O)C(C(=O)N(Oc2ccc[nH]2)c2ccccc2)C(=O)N1. The van der Waals surface area contributed by atoms with E-state index < -0.39 is 29.7 Å². The molecule has 0 radical (unpaired) electrons. The first-order valence-corrected chi connectivity index (χ1v) is 6.92. The molecule has 2 heterocycles. The van der Waals surface area contributed by atoms with Gasteiger partial charge in [-0.2, -0.15) is 0 Å². The van der Waals surface area contributed by atoms with E-state index >= 15 is 0 Å². The molecule has 122 valence electrons. The molecule has 1 aliphatic heterocycles. The van der Waals surface area contributed by atoms with Crippen LogP contribution in [-0.4, -0.2) is 28.7 Å². The Morgan fingerprint density at radius 2 is 1.62 bits per heavy atom. The highest BCUT2D eigenvalue weighted by atomic mass is 16.7. The van der Waals surface area contributed by atoms with Crippen LogP contribution in [0.15, 0.2) is 48.7 Å². The average molecular weight is 328 g/mol. The van der Waals surface area contributed by atoms with Crippen molar-refractivity contribution in [3.63, 3.8) is 0 Å². The van der Waals surface area contributed by atoms with Crippen LogP contribution < -0.4 is 20.5 Å². The lowest BCUT2D eigenvalue weighted by Gasteiger charge is -2.26. The summed E-state index contributed by atoms with van der Waals surface area (Å²) in [5.74, 6) is -4.45. The Labute approximate surface area is 135 Å². The van der Waals surface area contributed by atoms with Crippen LogP contribution in [-0.2, 0) is 14.4 Å². The summed E-state index contributed by atoms with van der Waals surface area (Å²) in [7, 11) is 0. The molecular weight excluding hydrogens is 316 g/mol. The Kier molecular flexibility index (Phi) is 3.98. The summed E-state index contributed by atoms with van der Waals surface area (Å²) >= 11 is 0. The van der Waals surface area contributed by atoms with Crippen molar-refractivity contribution in [2.24, 2.45) is 5.92 Å². The number of H-pyrrole nitrogens is 1. The number of rotatable bonds is 4. The maximum absolute atomic E-state index is 12.7. The van der Waals surface area contributed by atoms with Gasteiger partial charge in [0.05, 0.1) is 5.69 Å². The number of aromatic amines is 1. The molecule has 0 spiro atoms. The van der Waals surface area contributed by atoms with E-state index in [4.69, 9.17) is 4.84 Å². The Balaban J connectivity index is 1.92. The zero-order valence-electron chi connectivity index (χ0n) is 12.2. The summed E-state index contributed by atoms with van der Waals surface area (Å²) in [5, 5.41) is 4.60. The third-order valence-corrected chi connectivity index (χ3v) is 3.19. The number of aromatic nitrogens is 1. The second-order valence-corrected chi connectivity index (χ2v) is 4.83. The zero-order chi connectivity index (χ0) is 17.1. The first kappa shape index (κ1) is 15.3. The fourth-order valence-corrected chi connectivity index (χ4v) is 2.12. The molecule has 1 fully saturated rings. The Hall–Kier alpha value is -3.62. The molecule has 0 aliphatic carbocycles. The number of hydrogen-bond acceptors (Lipinski definition) is 5. The molecule has 24 heavy (non-hydrogen) atoms. The molecule has 3 rings (SSSR count). The van der Waals surface area contributed by atoms with E-state index in [0.29, 0.717) is 5.69 Å². The van der Waals surface area contributed by atoms with Crippen molar-refractivity contribution in [1.82, 2.24) is 15.6 Å². The number of hydrogen-bond donors (Lipinski definition) is 3. The van der Waals surface area contributed by atoms with Gasteiger partial charge in [0.1, 0.15) is 0 Å². The quantitative estimate of drug-likeness (QED) is 0.551. The van der Waals surface area contributed by atoms with Gasteiger partial charge in [0.15, 0.2) is 5.92 Å². The van der Waals surface area contributed by atoms with Crippen LogP contribution >= 0.6 is 0 Å². The number of nitrogens with one attached hydrogen (secondary N) is 3. The predicted octanol–water partition coefficient (Wildman–Crippen LogP) is 0.324. The summed E-state index contributed by atoms with van der Waals surface area (Å²) in [4.78, 5) is 55.8. The van der Waals surface area contributed by atoms with Gasteiger partial charge in [0.2, 0.25) is 17.7 Å². The lowest BCUT2D eigenvalue weighted by Crippen LogP contribution is -2.60. The Bertz CT molecular complexity index is 767. The van der Waals surface area contributed by atoms with Gasteiger partial charge >= 0.3 is 6.03 Å². The van der Waals surface area contributed by atoms with Crippen LogP contribution in [0.5, 0.6) is 5.88 Å². The minimum atomic E-state index is -1.74. The number of carbonyl (C=O) groups excluding carboxylic acids is 4. The van der Waals surface area contributed by atoms with Crippen molar-refractivity contribution in [2.75, 3.05) is 5.06 Å². The van der Waals surface area contributed by atoms with E-state index in [0.717, 1.165) is 5.06 Å². The summed E-state index contributed by atoms with van der Waals surface area (Å²) in [6, 6.07) is 10.5. The van der Waals surface area contributed by atoms with Gasteiger partial charge in [-0.05, 0) is 18.2 Å². The largest absolute Gasteiger partial charge is 0.353 e. The average Bonchev–Trinajstić information content (AvgIpc) is 3.05. The number of anilines is 1. The summed E-state index contributed by atoms with van der Waals surface area (Å²) in [6.45, 7) is 0. The van der Waals surface area contributed by atoms with Gasteiger partial charge in [-0.3, -0.25) is 25.0 Å². The first-order valence-electron chi connectivity index (χ1n) is 6.92. The van der Waals surface area contributed by atoms with Gasteiger partial charge in [0.25, 0.3) is 5.91 Å². The lowest BCUT2D eigenvalue weighted by atomic mass is 10.0. The molecule has 2 aromatic rings. The fraction of sp³-hybridized carbons (Fsp3) is 0.0667. The Morgan fingerprint density at radius 3 is 2.21 bits per heavy atom. The highest BCUT2D eigenvalue weighted by Gasteiger charge is 2.43. The minimum Gasteiger partial charge on any atom is -0.353 e. The van der Waals surface area contributed by atoms with E-state index in [1.807, 2.05) is 10.6 Å². The van der Waals surface area contributed by atoms with Crippen molar-refractivity contribution < 1.29 is 24.0 Å². The summed E-state index contributed by atoms with van der Waals surface area (Å²) in [6.07, 6.45) is 1.58. The van der Waals surface area contributed by atoms with Crippen LogP contribution in [0.25, 0.3) is 0 Å². The third kappa shape index (κ3) is 2.95. The van der Waals surface area contributed by atoms with Crippen LogP contribution in [0.3, 0.4) is 0 Å². The summed E-state index contributed by atoms with van der Waals surface area (Å²) in [5.41, 5.74) is 0.314. The molecule has 1 aromatic carbocycles. The number of nitrogens with zero attached hydrogens (tertiary/aromatic N) is 1. The molecule has 1 saturated heterocycles. The monoisotopic (exact) mass is 328 g/mol. The molecule has 0 saturated carbocycles. The second-order valence-electron chi connectivity index (χ2n) is 4.83. The van der Waals surface area contributed by atoms with Gasteiger partial charge in [-0.1, -0.05) is 18.2 Å². The molecule has 3 N–H and O–H groups in total. The summed E-state index contributed by atoms with van der Waals surface area (Å²) < 4.78 is 0. The molecule has 0 unspecified atom stereocenters. The minimum absolute atomic E-state index is 0.236. The van der Waals surface area contributed by atoms with Gasteiger partial charge in [0, 0.05) is 12.3 Å². The molecule has 5 amide bonds. The standard InChI is InChI=1S/C15H12N4O5/c20-12-11(13(21)18-15(23)17-12)14(22)19(9-5-2-1-3-6-9)24-10-7-4-8-16-10/h1-8,11,16H,(H2,17,18,20,21,23). The molecule has 1 aliphatic rings. The van der Waals surface area contributed by atoms with Crippen LogP contribution in [0.4, 0.5) is 10.5 Å². The van der Waals surface area contributed by atoms with Crippen LogP contribution in [0.2, 0.25) is 0 Å². The van der Waals surface area contributed by atoms with E-state index in [2.05, 4.69) is 4.98 Å². The van der Waals surface area contributed by atoms with E-state index in [9.17, 15) is 19.2 Å². The highest BCUT2D eigenvalue weighted by Crippen LogP contribution is 2.20. The van der Waals surface area contributed by atoms with Crippen molar-refractivity contribution in [3.8, 4) is 5.88 Å². The smallest absolute Gasteiger partial charge is 0.328 e. The maximum atomic E-state index is 12.7. The maximum Gasteiger partial charge on any atom is 0.328 e. The van der Waals surface area contributed by atoms with Crippen LogP contribution in [0, 0.1) is 5.92 Å². The number of amides is 5. The molecule has 9 nitrogen and oxygen atoms in total. The second kappa shape index (κ2) is 6.24. The number of para-hydroxylation sites is 1. The molecule has 1 aromatic heterocycles. The molecule has 0 bridgehead atoms. The zero-order valence-corrected chi connectivity index (χ0v) is 12.2. The number of benzene rings is 1. The number of carbonyl (C=O) groups is 4. The van der Waals surface area contributed by atoms with Crippen molar-refractivity contribution in [3.05, 3.63) is 48.7 Å². The normalized spacial score (nSPS) is 14.8. The van der Waals surface area contributed by atoms with E-state index in [-0.39, 0.29) is 5.88 Å². The predicted molar refractivity (Wildman–Crippen MR) is 80.5 cm³/mol. The highest BCUT2D eigenvalue weighted by molar-refractivity contribution is 6.28. The molecule has 0 atom stereocenters. The van der Waals surface area contributed by atoms with Crippen LogP contribution in [0.1, 0.15) is 0 Å². The third-order valence-electron chi connectivity index (χ3n) is 3.19. The molecule has 9 heteroatoms. The number of hydroxylamine groups is 1. The molecular formula is C15H12N4O5. The van der Waals surface area contributed by atoms with Crippen molar-refractivity contribution >= 4 is 29.4 Å². The lowest BCUT2D eigenvalue weighted by molar-refractivity contribution is -0.143. The number of barbiturate groups is 1. The topological polar surface area (TPSA) is 121 Å². The van der Waals surface area contributed by atoms with Crippen molar-refractivity contribution in [2.45, 2.75) is 0 Å². The van der Waals surface area contributed by atoms with Gasteiger partial charge < -0.3 is 9.82 Å². The van der Waals surface area contributed by atoms with Gasteiger partial charge in [-0.15, -0.1) is 5.06 Å². The number of imide groups is 2. The fourth-order valence-electron chi connectivity index (χ4n) is 2.12. The van der Waals surface area contributed by atoms with E-state index in [1.165, 1.54) is 0 Å². The number of urea groups is 1. The first-order chi connectivity index (χ1) is 11.6. The van der Waals surface area contributed by atoms with E-state index in [1.54, 1.807) is 48.7 Å². The Morgan fingerprint density at radius 1 is 0.958 bits per heavy atom. The van der Waals surface area contributed by atoms with Crippen molar-refractivity contribution in [1.29, 1.82) is 0 Å².